The topological polar surface area (TPSA) is 115 Å². The fourth-order valence-corrected chi connectivity index (χ4v) is 2.48. The van der Waals surface area contributed by atoms with Gasteiger partial charge in [0, 0.05) is 12.7 Å². The van der Waals surface area contributed by atoms with Crippen molar-refractivity contribution in [1.29, 1.82) is 0 Å². The minimum absolute atomic E-state index is 0.214. The van der Waals surface area contributed by atoms with Crippen LogP contribution in [0.4, 0.5) is 5.82 Å². The van der Waals surface area contributed by atoms with Gasteiger partial charge in [0.25, 0.3) is 11.5 Å². The van der Waals surface area contributed by atoms with Crippen molar-refractivity contribution in [2.75, 3.05) is 11.9 Å². The number of hydrogen-bond donors (Lipinski definition) is 2. The van der Waals surface area contributed by atoms with Gasteiger partial charge in [-0.3, -0.25) is 14.6 Å². The average Bonchev–Trinajstić information content (AvgIpc) is 3.27. The highest BCUT2D eigenvalue weighted by molar-refractivity contribution is 5.93. The van der Waals surface area contributed by atoms with Crippen LogP contribution in [-0.2, 0) is 9.53 Å². The molecule has 4 heterocycles. The first kappa shape index (κ1) is 13.7. The monoisotopic (exact) mass is 315 g/mol. The number of furan rings is 1. The van der Waals surface area contributed by atoms with Gasteiger partial charge in [-0.1, -0.05) is 0 Å². The van der Waals surface area contributed by atoms with E-state index in [0.29, 0.717) is 24.6 Å². The van der Waals surface area contributed by atoms with Crippen molar-refractivity contribution < 1.29 is 13.9 Å². The van der Waals surface area contributed by atoms with Crippen LogP contribution in [0, 0.1) is 0 Å². The largest absolute Gasteiger partial charge is 0.461 e. The van der Waals surface area contributed by atoms with Gasteiger partial charge < -0.3 is 14.5 Å². The van der Waals surface area contributed by atoms with Crippen molar-refractivity contribution in [3.8, 4) is 11.6 Å². The molecule has 1 amide bonds. The Balaban J connectivity index is 1.73. The number of carbonyl (C=O) groups excluding carboxylic acids is 1. The van der Waals surface area contributed by atoms with E-state index in [9.17, 15) is 9.59 Å². The van der Waals surface area contributed by atoms with Crippen LogP contribution < -0.4 is 10.9 Å². The predicted octanol–water partition coefficient (Wildman–Crippen LogP) is 0.795. The second-order valence-electron chi connectivity index (χ2n) is 5.16. The van der Waals surface area contributed by atoms with Crippen molar-refractivity contribution in [1.82, 2.24) is 19.6 Å². The van der Waals surface area contributed by atoms with Crippen molar-refractivity contribution in [3.63, 3.8) is 0 Å². The summed E-state index contributed by atoms with van der Waals surface area (Å²) in [5.41, 5.74) is -0.390. The zero-order valence-corrected chi connectivity index (χ0v) is 12.0. The summed E-state index contributed by atoms with van der Waals surface area (Å²) in [6, 6.07) is 4.67. The SMILES string of the molecule is O=C(Nc1cc(=O)[nH]c2nc(-c3ccco3)nn12)[C@H]1CCCO1. The fraction of sp³-hybridized carbons (Fsp3) is 0.286. The summed E-state index contributed by atoms with van der Waals surface area (Å²) in [7, 11) is 0. The maximum absolute atomic E-state index is 12.2. The van der Waals surface area contributed by atoms with Gasteiger partial charge in [-0.25, -0.2) is 0 Å². The summed E-state index contributed by atoms with van der Waals surface area (Å²) in [6.45, 7) is 0.564. The zero-order chi connectivity index (χ0) is 15.8. The molecule has 23 heavy (non-hydrogen) atoms. The molecule has 0 radical (unpaired) electrons. The molecule has 1 saturated heterocycles. The molecule has 9 nitrogen and oxygen atoms in total. The molecule has 0 bridgehead atoms. The minimum atomic E-state index is -0.502. The number of aromatic amines is 1. The minimum Gasteiger partial charge on any atom is -0.461 e. The van der Waals surface area contributed by atoms with E-state index in [1.807, 2.05) is 0 Å². The van der Waals surface area contributed by atoms with Crippen LogP contribution in [0.15, 0.2) is 33.7 Å². The van der Waals surface area contributed by atoms with Crippen LogP contribution in [0.2, 0.25) is 0 Å². The molecule has 1 atom stereocenters. The Morgan fingerprint density at radius 1 is 1.48 bits per heavy atom. The molecule has 1 aliphatic heterocycles. The first-order valence-electron chi connectivity index (χ1n) is 7.17. The summed E-state index contributed by atoms with van der Waals surface area (Å²) < 4.78 is 11.9. The molecule has 0 saturated carbocycles. The number of hydrogen-bond acceptors (Lipinski definition) is 6. The number of aromatic nitrogens is 4. The standard InChI is InChI=1S/C14H13N5O4/c20-11-7-10(15-13(21)9-4-2-6-23-9)19-14(16-11)17-12(18-19)8-3-1-5-22-8/h1,3,5,7,9H,2,4,6H2,(H,15,21)(H,16,17,18,20)/t9-/m1/s1. The van der Waals surface area contributed by atoms with Crippen LogP contribution in [0.25, 0.3) is 17.4 Å². The summed E-state index contributed by atoms with van der Waals surface area (Å²) in [4.78, 5) is 30.7. The lowest BCUT2D eigenvalue weighted by atomic mass is 10.2. The van der Waals surface area contributed by atoms with Gasteiger partial charge in [0.15, 0.2) is 5.76 Å². The molecule has 1 aliphatic rings. The molecular weight excluding hydrogens is 302 g/mol. The highest BCUT2D eigenvalue weighted by Gasteiger charge is 2.24. The van der Waals surface area contributed by atoms with Gasteiger partial charge >= 0.3 is 0 Å². The van der Waals surface area contributed by atoms with E-state index in [4.69, 9.17) is 9.15 Å². The maximum atomic E-state index is 12.2. The Bertz CT molecular complexity index is 905. The van der Waals surface area contributed by atoms with Crippen LogP contribution >= 0.6 is 0 Å². The van der Waals surface area contributed by atoms with Crippen molar-refractivity contribution in [2.45, 2.75) is 18.9 Å². The van der Waals surface area contributed by atoms with Gasteiger partial charge in [0.2, 0.25) is 11.6 Å². The van der Waals surface area contributed by atoms with E-state index >= 15 is 0 Å². The Morgan fingerprint density at radius 2 is 2.39 bits per heavy atom. The molecule has 2 N–H and O–H groups in total. The molecule has 0 aromatic carbocycles. The molecule has 118 valence electrons. The van der Waals surface area contributed by atoms with Crippen molar-refractivity contribution in [2.24, 2.45) is 0 Å². The summed E-state index contributed by atoms with van der Waals surface area (Å²) in [6.07, 6.45) is 2.50. The predicted molar refractivity (Wildman–Crippen MR) is 78.9 cm³/mol. The molecule has 0 unspecified atom stereocenters. The normalized spacial score (nSPS) is 17.7. The quantitative estimate of drug-likeness (QED) is 0.738. The van der Waals surface area contributed by atoms with Crippen LogP contribution in [0.5, 0.6) is 0 Å². The summed E-state index contributed by atoms with van der Waals surface area (Å²) in [5.74, 6) is 0.918. The number of anilines is 1. The van der Waals surface area contributed by atoms with E-state index in [2.05, 4.69) is 20.4 Å². The van der Waals surface area contributed by atoms with Gasteiger partial charge in [-0.05, 0) is 25.0 Å². The fourth-order valence-electron chi connectivity index (χ4n) is 2.48. The highest BCUT2D eigenvalue weighted by Crippen LogP contribution is 2.18. The second-order valence-corrected chi connectivity index (χ2v) is 5.16. The zero-order valence-electron chi connectivity index (χ0n) is 12.0. The highest BCUT2D eigenvalue weighted by atomic mass is 16.5. The number of amides is 1. The van der Waals surface area contributed by atoms with E-state index in [0.717, 1.165) is 6.42 Å². The Morgan fingerprint density at radius 3 is 3.13 bits per heavy atom. The molecule has 3 aromatic rings. The third kappa shape index (κ3) is 2.50. The number of nitrogens with zero attached hydrogens (tertiary/aromatic N) is 3. The lowest BCUT2D eigenvalue weighted by Crippen LogP contribution is -2.28. The van der Waals surface area contributed by atoms with Crippen LogP contribution in [-0.4, -0.2) is 38.2 Å². The first-order chi connectivity index (χ1) is 11.2. The Hall–Kier alpha value is -2.94. The molecule has 0 spiro atoms. The van der Waals surface area contributed by atoms with E-state index in [-0.39, 0.29) is 17.5 Å². The molecule has 0 aliphatic carbocycles. The van der Waals surface area contributed by atoms with Crippen molar-refractivity contribution >= 4 is 17.5 Å². The molecule has 9 heteroatoms. The van der Waals surface area contributed by atoms with E-state index < -0.39 is 11.7 Å². The average molecular weight is 315 g/mol. The third-order valence-corrected chi connectivity index (χ3v) is 3.55. The number of fused-ring (bicyclic) bond motifs is 1. The molecular formula is C14H13N5O4. The number of ether oxygens (including phenoxy) is 1. The molecule has 4 rings (SSSR count). The Kier molecular flexibility index (Phi) is 3.19. The molecule has 3 aromatic heterocycles. The Labute approximate surface area is 129 Å². The van der Waals surface area contributed by atoms with E-state index in [1.165, 1.54) is 16.8 Å². The number of rotatable bonds is 3. The summed E-state index contributed by atoms with van der Waals surface area (Å²) in [5, 5.41) is 6.93. The van der Waals surface area contributed by atoms with Crippen LogP contribution in [0.1, 0.15) is 12.8 Å². The maximum Gasteiger partial charge on any atom is 0.254 e. The van der Waals surface area contributed by atoms with E-state index in [1.54, 1.807) is 12.1 Å². The third-order valence-electron chi connectivity index (χ3n) is 3.55. The second kappa shape index (κ2) is 5.36. The van der Waals surface area contributed by atoms with Gasteiger partial charge in [-0.2, -0.15) is 9.50 Å². The number of carbonyl (C=O) groups is 1. The number of nitrogens with one attached hydrogen (secondary N) is 2. The van der Waals surface area contributed by atoms with Gasteiger partial charge in [-0.15, -0.1) is 5.10 Å². The smallest absolute Gasteiger partial charge is 0.254 e. The lowest BCUT2D eigenvalue weighted by Gasteiger charge is -2.10. The lowest BCUT2D eigenvalue weighted by molar-refractivity contribution is -0.124. The van der Waals surface area contributed by atoms with Crippen molar-refractivity contribution in [3.05, 3.63) is 34.8 Å². The van der Waals surface area contributed by atoms with Crippen LogP contribution in [0.3, 0.4) is 0 Å². The first-order valence-corrected chi connectivity index (χ1v) is 7.17. The number of H-pyrrole nitrogens is 1. The summed E-state index contributed by atoms with van der Waals surface area (Å²) >= 11 is 0. The van der Waals surface area contributed by atoms with Gasteiger partial charge in [0.1, 0.15) is 11.9 Å². The molecule has 1 fully saturated rings. The van der Waals surface area contributed by atoms with Gasteiger partial charge in [0.05, 0.1) is 6.26 Å².